The lowest BCUT2D eigenvalue weighted by Gasteiger charge is -2.27. The van der Waals surface area contributed by atoms with Crippen molar-refractivity contribution in [1.29, 1.82) is 5.26 Å². The molecule has 0 atom stereocenters. The maximum Gasteiger partial charge on any atom is 0.422 e. The lowest BCUT2D eigenvalue weighted by atomic mass is 10.1. The second-order valence-corrected chi connectivity index (χ2v) is 9.97. The number of pyridine rings is 1. The molecular formula is C25H30F3N5O5. The Labute approximate surface area is 218 Å². The second-order valence-electron chi connectivity index (χ2n) is 9.97. The first kappa shape index (κ1) is 30.2. The molecule has 2 amide bonds. The molecule has 0 aliphatic carbocycles. The number of nitrogens with zero attached hydrogens (tertiary/aromatic N) is 3. The van der Waals surface area contributed by atoms with Crippen molar-refractivity contribution in [3.05, 3.63) is 52.8 Å². The maximum absolute atomic E-state index is 14.8. The number of hydrazine groups is 1. The van der Waals surface area contributed by atoms with E-state index < -0.39 is 59.1 Å². The standard InChI is InChI=1S/C25H30F3N5O5/c1-24(2,3)37-22(34)32-30-9-10-33(23(35)38-25(4,5)6)20-18(27)12-19(28)21(31-20)36-14-16-8-7-15(13-29)11-17(16)26/h7-8,11-12,30H,9-10,14H2,1-6H3,(H,32,34). The van der Waals surface area contributed by atoms with Crippen molar-refractivity contribution >= 4 is 18.0 Å². The number of hydrogen-bond donors (Lipinski definition) is 2. The summed E-state index contributed by atoms with van der Waals surface area (Å²) in [7, 11) is 0. The van der Waals surface area contributed by atoms with Crippen molar-refractivity contribution in [3.8, 4) is 11.9 Å². The minimum absolute atomic E-state index is 0.00232. The molecule has 0 unspecified atom stereocenters. The third kappa shape index (κ3) is 9.44. The van der Waals surface area contributed by atoms with Gasteiger partial charge >= 0.3 is 12.2 Å². The highest BCUT2D eigenvalue weighted by Gasteiger charge is 2.28. The molecule has 10 nitrogen and oxygen atoms in total. The summed E-state index contributed by atoms with van der Waals surface area (Å²) in [4.78, 5) is 29.3. The topological polar surface area (TPSA) is 126 Å². The second kappa shape index (κ2) is 12.5. The third-order valence-electron chi connectivity index (χ3n) is 4.34. The van der Waals surface area contributed by atoms with Gasteiger partial charge in [0.25, 0.3) is 5.88 Å². The summed E-state index contributed by atoms with van der Waals surface area (Å²) in [5.41, 5.74) is 3.20. The normalized spacial score (nSPS) is 11.4. The van der Waals surface area contributed by atoms with Gasteiger partial charge in [-0.05, 0) is 53.7 Å². The summed E-state index contributed by atoms with van der Waals surface area (Å²) in [5, 5.41) is 8.85. The number of rotatable bonds is 8. The minimum Gasteiger partial charge on any atom is -0.471 e. The quantitative estimate of drug-likeness (QED) is 0.366. The minimum atomic E-state index is -1.19. The largest absolute Gasteiger partial charge is 0.471 e. The number of anilines is 1. The molecule has 0 radical (unpaired) electrons. The molecule has 38 heavy (non-hydrogen) atoms. The van der Waals surface area contributed by atoms with Crippen molar-refractivity contribution in [2.24, 2.45) is 0 Å². The Kier molecular flexibility index (Phi) is 9.90. The Morgan fingerprint density at radius 2 is 1.66 bits per heavy atom. The predicted molar refractivity (Wildman–Crippen MR) is 131 cm³/mol. The van der Waals surface area contributed by atoms with Crippen molar-refractivity contribution in [3.63, 3.8) is 0 Å². The highest BCUT2D eigenvalue weighted by molar-refractivity contribution is 5.87. The lowest BCUT2D eigenvalue weighted by Crippen LogP contribution is -2.46. The van der Waals surface area contributed by atoms with Crippen LogP contribution in [0.2, 0.25) is 0 Å². The van der Waals surface area contributed by atoms with Crippen LogP contribution in [0.4, 0.5) is 28.6 Å². The zero-order valence-corrected chi connectivity index (χ0v) is 21.9. The van der Waals surface area contributed by atoms with E-state index in [9.17, 15) is 22.8 Å². The van der Waals surface area contributed by atoms with E-state index in [2.05, 4.69) is 15.8 Å². The monoisotopic (exact) mass is 537 g/mol. The molecule has 1 aromatic heterocycles. The Morgan fingerprint density at radius 1 is 1.00 bits per heavy atom. The van der Waals surface area contributed by atoms with Crippen LogP contribution in [-0.4, -0.2) is 41.5 Å². The average molecular weight is 538 g/mol. The fourth-order valence-corrected chi connectivity index (χ4v) is 2.82. The van der Waals surface area contributed by atoms with E-state index >= 15 is 0 Å². The summed E-state index contributed by atoms with van der Waals surface area (Å²) < 4.78 is 59.1. The first-order valence-corrected chi connectivity index (χ1v) is 11.5. The molecule has 0 spiro atoms. The van der Waals surface area contributed by atoms with E-state index in [1.807, 2.05) is 0 Å². The number of halogens is 3. The van der Waals surface area contributed by atoms with Crippen LogP contribution >= 0.6 is 0 Å². The van der Waals surface area contributed by atoms with Crippen LogP contribution in [0.5, 0.6) is 5.88 Å². The van der Waals surface area contributed by atoms with Crippen molar-refractivity contribution in [1.82, 2.24) is 15.8 Å². The van der Waals surface area contributed by atoms with Gasteiger partial charge in [0.15, 0.2) is 17.5 Å². The number of carbonyl (C=O) groups is 2. The molecule has 13 heteroatoms. The molecule has 0 saturated heterocycles. The summed E-state index contributed by atoms with van der Waals surface area (Å²) in [6, 6.07) is 5.88. The van der Waals surface area contributed by atoms with Crippen LogP contribution in [0, 0.1) is 28.8 Å². The summed E-state index contributed by atoms with van der Waals surface area (Å²) >= 11 is 0. The number of carbonyl (C=O) groups excluding carboxylic acids is 2. The van der Waals surface area contributed by atoms with Gasteiger partial charge in [0.05, 0.1) is 11.6 Å². The maximum atomic E-state index is 14.8. The smallest absolute Gasteiger partial charge is 0.422 e. The number of benzene rings is 1. The van der Waals surface area contributed by atoms with Crippen LogP contribution < -0.4 is 20.5 Å². The first-order chi connectivity index (χ1) is 17.6. The first-order valence-electron chi connectivity index (χ1n) is 11.5. The Balaban J connectivity index is 2.24. The molecule has 1 aromatic carbocycles. The molecule has 206 valence electrons. The van der Waals surface area contributed by atoms with Crippen molar-refractivity contribution < 1.29 is 37.0 Å². The Bertz CT molecular complexity index is 1210. The summed E-state index contributed by atoms with van der Waals surface area (Å²) in [6.45, 7) is 8.95. The van der Waals surface area contributed by atoms with Gasteiger partial charge in [-0.25, -0.2) is 28.2 Å². The van der Waals surface area contributed by atoms with Crippen LogP contribution in [0.3, 0.4) is 0 Å². The van der Waals surface area contributed by atoms with E-state index in [0.29, 0.717) is 6.07 Å². The molecule has 2 rings (SSSR count). The molecule has 0 aliphatic heterocycles. The summed E-state index contributed by atoms with van der Waals surface area (Å²) in [5.74, 6) is -4.45. The number of amides is 2. The van der Waals surface area contributed by atoms with Gasteiger partial charge in [0.2, 0.25) is 0 Å². The summed E-state index contributed by atoms with van der Waals surface area (Å²) in [6.07, 6.45) is -1.78. The molecule has 0 fully saturated rings. The highest BCUT2D eigenvalue weighted by atomic mass is 19.1. The molecule has 0 saturated carbocycles. The van der Waals surface area contributed by atoms with Gasteiger partial charge in [0.1, 0.15) is 23.6 Å². The van der Waals surface area contributed by atoms with Crippen LogP contribution in [0.15, 0.2) is 24.3 Å². The van der Waals surface area contributed by atoms with Gasteiger partial charge in [0, 0.05) is 24.7 Å². The zero-order chi connectivity index (χ0) is 28.7. The van der Waals surface area contributed by atoms with E-state index in [4.69, 9.17) is 19.5 Å². The lowest BCUT2D eigenvalue weighted by molar-refractivity contribution is 0.0499. The fourth-order valence-electron chi connectivity index (χ4n) is 2.82. The number of ether oxygens (including phenoxy) is 3. The fraction of sp³-hybridized carbons (Fsp3) is 0.440. The van der Waals surface area contributed by atoms with Gasteiger partial charge in [-0.3, -0.25) is 10.3 Å². The van der Waals surface area contributed by atoms with E-state index in [0.717, 1.165) is 11.0 Å². The predicted octanol–water partition coefficient (Wildman–Crippen LogP) is 4.72. The van der Waals surface area contributed by atoms with Gasteiger partial charge in [-0.1, -0.05) is 6.07 Å². The molecule has 0 bridgehead atoms. The van der Waals surface area contributed by atoms with Crippen LogP contribution in [0.25, 0.3) is 0 Å². The number of aromatic nitrogens is 1. The Morgan fingerprint density at radius 3 is 2.24 bits per heavy atom. The van der Waals surface area contributed by atoms with Gasteiger partial charge in [-0.15, -0.1) is 0 Å². The van der Waals surface area contributed by atoms with E-state index in [1.54, 1.807) is 47.6 Å². The van der Waals surface area contributed by atoms with Gasteiger partial charge in [-0.2, -0.15) is 10.2 Å². The molecule has 2 aromatic rings. The van der Waals surface area contributed by atoms with Crippen molar-refractivity contribution in [2.45, 2.75) is 59.4 Å². The number of nitriles is 1. The van der Waals surface area contributed by atoms with Crippen molar-refractivity contribution in [2.75, 3.05) is 18.0 Å². The van der Waals surface area contributed by atoms with Crippen LogP contribution in [0.1, 0.15) is 52.7 Å². The molecule has 0 aliphatic rings. The molecular weight excluding hydrogens is 507 g/mol. The highest BCUT2D eigenvalue weighted by Crippen LogP contribution is 2.26. The van der Waals surface area contributed by atoms with E-state index in [-0.39, 0.29) is 24.2 Å². The zero-order valence-electron chi connectivity index (χ0n) is 21.9. The number of nitrogens with one attached hydrogen (secondary N) is 2. The Hall–Kier alpha value is -4.05. The van der Waals surface area contributed by atoms with Crippen LogP contribution in [-0.2, 0) is 16.1 Å². The third-order valence-corrected chi connectivity index (χ3v) is 4.34. The average Bonchev–Trinajstić information content (AvgIpc) is 2.77. The van der Waals surface area contributed by atoms with Gasteiger partial charge < -0.3 is 14.2 Å². The number of hydrogen-bond acceptors (Lipinski definition) is 8. The van der Waals surface area contributed by atoms with E-state index in [1.165, 1.54) is 12.1 Å². The molecule has 2 N–H and O–H groups in total. The SMILES string of the molecule is CC(C)(C)OC(=O)NNCCN(C(=O)OC(C)(C)C)c1nc(OCc2ccc(C#N)cc2F)c(F)cc1F. The molecule has 1 heterocycles.